The molecule has 0 radical (unpaired) electrons. The van der Waals surface area contributed by atoms with Crippen LogP contribution in [0.3, 0.4) is 0 Å². The molecule has 1 aromatic heterocycles. The van der Waals surface area contributed by atoms with E-state index < -0.39 is 0 Å². The van der Waals surface area contributed by atoms with Crippen molar-refractivity contribution in [1.82, 2.24) is 10.2 Å². The Morgan fingerprint density at radius 3 is 2.85 bits per heavy atom. The van der Waals surface area contributed by atoms with E-state index in [0.29, 0.717) is 12.2 Å². The molecule has 2 heterocycles. The van der Waals surface area contributed by atoms with Gasteiger partial charge in [-0.05, 0) is 48.7 Å². The lowest BCUT2D eigenvalue weighted by Gasteiger charge is -2.17. The molecule has 0 saturated carbocycles. The van der Waals surface area contributed by atoms with Crippen LogP contribution in [-0.2, 0) is 9.59 Å². The first-order valence-corrected chi connectivity index (χ1v) is 9.55. The van der Waals surface area contributed by atoms with Gasteiger partial charge in [-0.2, -0.15) is 5.10 Å². The number of hydrogen-bond acceptors (Lipinski definition) is 4. The third-order valence-electron chi connectivity index (χ3n) is 4.59. The molecule has 6 nitrogen and oxygen atoms in total. The summed E-state index contributed by atoms with van der Waals surface area (Å²) in [7, 11) is 0. The average Bonchev–Trinajstić information content (AvgIpc) is 3.28. The van der Waals surface area contributed by atoms with Crippen LogP contribution in [0.4, 0.5) is 11.4 Å². The first-order chi connectivity index (χ1) is 12.6. The van der Waals surface area contributed by atoms with Gasteiger partial charge in [0.05, 0.1) is 17.6 Å². The van der Waals surface area contributed by atoms with Crippen molar-refractivity contribution >= 4 is 45.9 Å². The number of nitrogens with one attached hydrogen (secondary N) is 2. The van der Waals surface area contributed by atoms with Crippen LogP contribution in [0.2, 0.25) is 0 Å². The molecule has 0 bridgehead atoms. The van der Waals surface area contributed by atoms with Crippen LogP contribution >= 0.6 is 11.8 Å². The molecule has 1 saturated heterocycles. The van der Waals surface area contributed by atoms with Crippen LogP contribution in [-0.4, -0.2) is 34.8 Å². The van der Waals surface area contributed by atoms with Gasteiger partial charge in [-0.15, -0.1) is 11.8 Å². The van der Waals surface area contributed by atoms with Gasteiger partial charge in [0.1, 0.15) is 0 Å². The second-order valence-corrected chi connectivity index (χ2v) is 7.14. The number of H-pyrrole nitrogens is 1. The number of carbonyl (C=O) groups excluding carboxylic acids is 2. The number of nitrogens with zero attached hydrogens (tertiary/aromatic N) is 2. The van der Waals surface area contributed by atoms with Gasteiger partial charge in [0.2, 0.25) is 11.8 Å². The Labute approximate surface area is 155 Å². The van der Waals surface area contributed by atoms with Gasteiger partial charge in [0.15, 0.2) is 0 Å². The Morgan fingerprint density at radius 2 is 2.08 bits per heavy atom. The molecular weight excluding hydrogens is 348 g/mol. The SMILES string of the molecule is CSc1ccc(N2C[C@H](C(=O)Nc3ccc4[nH]ncc4c3)CC2=O)cc1. The fraction of sp³-hybridized carbons (Fsp3) is 0.211. The number of aromatic amines is 1. The summed E-state index contributed by atoms with van der Waals surface area (Å²) in [5.41, 5.74) is 2.46. The Balaban J connectivity index is 1.45. The third kappa shape index (κ3) is 3.17. The van der Waals surface area contributed by atoms with Crippen LogP contribution < -0.4 is 10.2 Å². The monoisotopic (exact) mass is 366 g/mol. The molecule has 1 atom stereocenters. The largest absolute Gasteiger partial charge is 0.326 e. The van der Waals surface area contributed by atoms with E-state index in [1.54, 1.807) is 22.9 Å². The highest BCUT2D eigenvalue weighted by Gasteiger charge is 2.35. The molecule has 7 heteroatoms. The highest BCUT2D eigenvalue weighted by molar-refractivity contribution is 7.98. The lowest BCUT2D eigenvalue weighted by Crippen LogP contribution is -2.28. The van der Waals surface area contributed by atoms with Crippen LogP contribution in [0.25, 0.3) is 10.9 Å². The van der Waals surface area contributed by atoms with Crippen molar-refractivity contribution in [2.45, 2.75) is 11.3 Å². The third-order valence-corrected chi connectivity index (χ3v) is 5.33. The van der Waals surface area contributed by atoms with Gasteiger partial charge < -0.3 is 10.2 Å². The highest BCUT2D eigenvalue weighted by Crippen LogP contribution is 2.28. The molecule has 2 aromatic carbocycles. The number of fused-ring (bicyclic) bond motifs is 1. The second-order valence-electron chi connectivity index (χ2n) is 6.26. The Morgan fingerprint density at radius 1 is 1.27 bits per heavy atom. The summed E-state index contributed by atoms with van der Waals surface area (Å²) in [6, 6.07) is 13.4. The van der Waals surface area contributed by atoms with E-state index in [0.717, 1.165) is 21.5 Å². The van der Waals surface area contributed by atoms with E-state index in [1.807, 2.05) is 48.7 Å². The van der Waals surface area contributed by atoms with E-state index in [9.17, 15) is 9.59 Å². The predicted molar refractivity (Wildman–Crippen MR) is 103 cm³/mol. The number of rotatable bonds is 4. The molecule has 1 aliphatic rings. The topological polar surface area (TPSA) is 78.1 Å². The summed E-state index contributed by atoms with van der Waals surface area (Å²) < 4.78 is 0. The van der Waals surface area contributed by atoms with E-state index in [-0.39, 0.29) is 24.2 Å². The van der Waals surface area contributed by atoms with Gasteiger partial charge in [0, 0.05) is 34.6 Å². The molecule has 2 N–H and O–H groups in total. The van der Waals surface area contributed by atoms with Gasteiger partial charge in [-0.25, -0.2) is 0 Å². The number of carbonyl (C=O) groups is 2. The summed E-state index contributed by atoms with van der Waals surface area (Å²) in [5.74, 6) is -0.514. The molecule has 0 aliphatic carbocycles. The van der Waals surface area contributed by atoms with Crippen molar-refractivity contribution in [1.29, 1.82) is 0 Å². The maximum Gasteiger partial charge on any atom is 0.229 e. The number of hydrogen-bond donors (Lipinski definition) is 2. The minimum atomic E-state index is -0.359. The fourth-order valence-corrected chi connectivity index (χ4v) is 3.57. The van der Waals surface area contributed by atoms with Gasteiger partial charge in [-0.3, -0.25) is 14.7 Å². The van der Waals surface area contributed by atoms with Crippen LogP contribution in [0.15, 0.2) is 53.6 Å². The number of thioether (sulfide) groups is 1. The molecule has 0 unspecified atom stereocenters. The Bertz CT molecular complexity index is 967. The Kier molecular flexibility index (Phi) is 4.38. The zero-order chi connectivity index (χ0) is 18.1. The van der Waals surface area contributed by atoms with Crippen molar-refractivity contribution in [3.8, 4) is 0 Å². The second kappa shape index (κ2) is 6.84. The first-order valence-electron chi connectivity index (χ1n) is 8.32. The standard InChI is InChI=1S/C19H18N4O2S/c1-26-16-5-3-15(4-6-16)23-11-13(9-18(23)24)19(25)21-14-2-7-17-12(8-14)10-20-22-17/h2-8,10,13H,9,11H2,1H3,(H,20,22)(H,21,25)/t13-/m1/s1. The fourth-order valence-electron chi connectivity index (χ4n) is 3.16. The summed E-state index contributed by atoms with van der Waals surface area (Å²) in [5, 5.41) is 10.7. The van der Waals surface area contributed by atoms with E-state index in [4.69, 9.17) is 0 Å². The molecule has 26 heavy (non-hydrogen) atoms. The zero-order valence-electron chi connectivity index (χ0n) is 14.2. The number of benzene rings is 2. The van der Waals surface area contributed by atoms with Crippen molar-refractivity contribution in [3.63, 3.8) is 0 Å². The van der Waals surface area contributed by atoms with Crippen molar-refractivity contribution in [2.24, 2.45) is 5.92 Å². The molecular formula is C19H18N4O2S. The molecule has 3 aromatic rings. The number of amides is 2. The van der Waals surface area contributed by atoms with Crippen molar-refractivity contribution in [2.75, 3.05) is 23.0 Å². The summed E-state index contributed by atoms with van der Waals surface area (Å²) in [4.78, 5) is 27.8. The maximum absolute atomic E-state index is 12.6. The van der Waals surface area contributed by atoms with E-state index in [1.165, 1.54) is 0 Å². The normalized spacial score (nSPS) is 17.0. The van der Waals surface area contributed by atoms with Crippen LogP contribution in [0.5, 0.6) is 0 Å². The quantitative estimate of drug-likeness (QED) is 0.695. The summed E-state index contributed by atoms with van der Waals surface area (Å²) in [6.07, 6.45) is 3.95. The van der Waals surface area contributed by atoms with Crippen molar-refractivity contribution in [3.05, 3.63) is 48.7 Å². The van der Waals surface area contributed by atoms with Crippen LogP contribution in [0, 0.1) is 5.92 Å². The lowest BCUT2D eigenvalue weighted by molar-refractivity contribution is -0.122. The summed E-state index contributed by atoms with van der Waals surface area (Å²) in [6.45, 7) is 0.400. The van der Waals surface area contributed by atoms with E-state index in [2.05, 4.69) is 15.5 Å². The minimum absolute atomic E-state index is 0.0210. The van der Waals surface area contributed by atoms with Gasteiger partial charge in [-0.1, -0.05) is 0 Å². The van der Waals surface area contributed by atoms with Crippen LogP contribution in [0.1, 0.15) is 6.42 Å². The molecule has 1 fully saturated rings. The Hall–Kier alpha value is -2.80. The first kappa shape index (κ1) is 16.7. The van der Waals surface area contributed by atoms with Gasteiger partial charge in [0.25, 0.3) is 0 Å². The predicted octanol–water partition coefficient (Wildman–Crippen LogP) is 3.28. The molecule has 132 valence electrons. The molecule has 4 rings (SSSR count). The summed E-state index contributed by atoms with van der Waals surface area (Å²) >= 11 is 1.65. The highest BCUT2D eigenvalue weighted by atomic mass is 32.2. The lowest BCUT2D eigenvalue weighted by atomic mass is 10.1. The maximum atomic E-state index is 12.6. The molecule has 2 amide bonds. The molecule has 1 aliphatic heterocycles. The van der Waals surface area contributed by atoms with Gasteiger partial charge >= 0.3 is 0 Å². The van der Waals surface area contributed by atoms with Crippen molar-refractivity contribution < 1.29 is 9.59 Å². The van der Waals surface area contributed by atoms with E-state index >= 15 is 0 Å². The number of aromatic nitrogens is 2. The zero-order valence-corrected chi connectivity index (χ0v) is 15.0. The minimum Gasteiger partial charge on any atom is -0.326 e. The average molecular weight is 366 g/mol. The smallest absolute Gasteiger partial charge is 0.229 e. The number of anilines is 2. The molecule has 0 spiro atoms.